The third-order valence-electron chi connectivity index (χ3n) is 5.03. The molecule has 25 heavy (non-hydrogen) atoms. The minimum atomic E-state index is 0.0394. The van der Waals surface area contributed by atoms with Crippen molar-refractivity contribution in [2.24, 2.45) is 5.92 Å². The van der Waals surface area contributed by atoms with Crippen molar-refractivity contribution in [2.45, 2.75) is 12.8 Å². The van der Waals surface area contributed by atoms with E-state index in [4.69, 9.17) is 10.00 Å². The number of rotatable bonds is 4. The van der Waals surface area contributed by atoms with Gasteiger partial charge in [-0.3, -0.25) is 9.69 Å². The predicted octanol–water partition coefficient (Wildman–Crippen LogP) is 2.14. The van der Waals surface area contributed by atoms with Crippen LogP contribution < -0.4 is 0 Å². The molecule has 0 saturated carbocycles. The number of morpholine rings is 1. The maximum atomic E-state index is 12.4. The zero-order valence-electron chi connectivity index (χ0n) is 14.6. The van der Waals surface area contributed by atoms with Crippen LogP contribution in [0.4, 0.5) is 0 Å². The van der Waals surface area contributed by atoms with E-state index < -0.39 is 0 Å². The summed E-state index contributed by atoms with van der Waals surface area (Å²) in [6.45, 7) is 6.49. The van der Waals surface area contributed by atoms with E-state index in [1.54, 1.807) is 18.2 Å². The van der Waals surface area contributed by atoms with Crippen LogP contribution in [0.25, 0.3) is 6.08 Å². The lowest BCUT2D eigenvalue weighted by atomic mass is 9.96. The highest BCUT2D eigenvalue weighted by atomic mass is 16.5. The minimum absolute atomic E-state index is 0.0394. The number of benzene rings is 1. The molecule has 2 aliphatic heterocycles. The zero-order valence-corrected chi connectivity index (χ0v) is 14.6. The lowest BCUT2D eigenvalue weighted by Crippen LogP contribution is -2.43. The molecule has 0 radical (unpaired) electrons. The Bertz CT molecular complexity index is 651. The Kier molecular flexibility index (Phi) is 6.21. The number of amides is 1. The third-order valence-corrected chi connectivity index (χ3v) is 5.03. The van der Waals surface area contributed by atoms with Crippen LogP contribution in [0.5, 0.6) is 0 Å². The van der Waals surface area contributed by atoms with E-state index in [2.05, 4.69) is 11.0 Å². The van der Waals surface area contributed by atoms with Crippen molar-refractivity contribution < 1.29 is 9.53 Å². The van der Waals surface area contributed by atoms with Crippen LogP contribution in [0.3, 0.4) is 0 Å². The molecule has 2 fully saturated rings. The maximum absolute atomic E-state index is 12.4. The highest BCUT2D eigenvalue weighted by Gasteiger charge is 2.24. The molecule has 5 heteroatoms. The van der Waals surface area contributed by atoms with Gasteiger partial charge in [0.2, 0.25) is 5.91 Å². The second kappa shape index (κ2) is 8.80. The van der Waals surface area contributed by atoms with E-state index in [1.165, 1.54) is 0 Å². The summed E-state index contributed by atoms with van der Waals surface area (Å²) in [5, 5.41) is 9.11. The minimum Gasteiger partial charge on any atom is -0.379 e. The van der Waals surface area contributed by atoms with Crippen LogP contribution in [-0.2, 0) is 9.53 Å². The molecule has 3 rings (SSSR count). The van der Waals surface area contributed by atoms with Gasteiger partial charge >= 0.3 is 0 Å². The summed E-state index contributed by atoms with van der Waals surface area (Å²) in [5.74, 6) is 0.711. The number of likely N-dealkylation sites (tertiary alicyclic amines) is 1. The number of nitriles is 1. The monoisotopic (exact) mass is 339 g/mol. The summed E-state index contributed by atoms with van der Waals surface area (Å²) in [7, 11) is 0. The second-order valence-electron chi connectivity index (χ2n) is 6.71. The highest BCUT2D eigenvalue weighted by molar-refractivity contribution is 5.92. The fourth-order valence-electron chi connectivity index (χ4n) is 3.50. The van der Waals surface area contributed by atoms with Gasteiger partial charge in [0.25, 0.3) is 0 Å². The van der Waals surface area contributed by atoms with E-state index in [0.717, 1.165) is 64.3 Å². The van der Waals surface area contributed by atoms with Crippen molar-refractivity contribution in [1.82, 2.24) is 9.80 Å². The Labute approximate surface area is 149 Å². The molecule has 1 aromatic carbocycles. The molecular formula is C20H25N3O2. The van der Waals surface area contributed by atoms with Crippen molar-refractivity contribution in [3.63, 3.8) is 0 Å². The molecule has 0 aliphatic carbocycles. The van der Waals surface area contributed by atoms with Gasteiger partial charge in [-0.05, 0) is 36.5 Å². The molecule has 0 atom stereocenters. The summed E-state index contributed by atoms with van der Waals surface area (Å²) in [5.41, 5.74) is 1.39. The van der Waals surface area contributed by atoms with Crippen LogP contribution >= 0.6 is 0 Å². The fourth-order valence-corrected chi connectivity index (χ4v) is 3.50. The van der Waals surface area contributed by atoms with E-state index in [9.17, 15) is 4.79 Å². The lowest BCUT2D eigenvalue weighted by Gasteiger charge is -2.35. The number of nitrogens with zero attached hydrogens (tertiary/aromatic N) is 3. The van der Waals surface area contributed by atoms with Gasteiger partial charge in [-0.25, -0.2) is 0 Å². The first-order valence-electron chi connectivity index (χ1n) is 9.02. The van der Waals surface area contributed by atoms with Crippen LogP contribution in [0, 0.1) is 17.2 Å². The Morgan fingerprint density at radius 2 is 1.92 bits per heavy atom. The van der Waals surface area contributed by atoms with E-state index in [0.29, 0.717) is 11.5 Å². The molecule has 132 valence electrons. The fraction of sp³-hybridized carbons (Fsp3) is 0.500. The molecule has 2 saturated heterocycles. The van der Waals surface area contributed by atoms with Gasteiger partial charge in [-0.2, -0.15) is 5.26 Å². The van der Waals surface area contributed by atoms with Crippen LogP contribution in [0.1, 0.15) is 24.0 Å². The van der Waals surface area contributed by atoms with E-state index in [1.807, 2.05) is 23.1 Å². The summed E-state index contributed by atoms with van der Waals surface area (Å²) >= 11 is 0. The van der Waals surface area contributed by atoms with Crippen LogP contribution in [-0.4, -0.2) is 61.6 Å². The average molecular weight is 339 g/mol. The molecule has 0 aromatic heterocycles. The zero-order chi connectivity index (χ0) is 17.5. The SMILES string of the molecule is N#Cc1ccccc1/C=C/C(=O)N1CCC(CN2CCOCC2)CC1. The molecule has 2 aliphatic rings. The molecule has 1 amide bonds. The average Bonchev–Trinajstić information content (AvgIpc) is 2.67. The van der Waals surface area contributed by atoms with Crippen molar-refractivity contribution >= 4 is 12.0 Å². The Hall–Kier alpha value is -2.16. The van der Waals surface area contributed by atoms with Gasteiger partial charge in [0.05, 0.1) is 24.8 Å². The Balaban J connectivity index is 1.48. The molecule has 0 N–H and O–H groups in total. The molecule has 0 bridgehead atoms. The molecule has 2 heterocycles. The predicted molar refractivity (Wildman–Crippen MR) is 96.8 cm³/mol. The smallest absolute Gasteiger partial charge is 0.246 e. The quantitative estimate of drug-likeness (QED) is 0.789. The summed E-state index contributed by atoms with van der Waals surface area (Å²) in [4.78, 5) is 16.8. The number of piperidine rings is 1. The number of ether oxygens (including phenoxy) is 1. The first kappa shape index (κ1) is 17.7. The first-order chi connectivity index (χ1) is 12.3. The van der Waals surface area contributed by atoms with Crippen LogP contribution in [0.15, 0.2) is 30.3 Å². The lowest BCUT2D eigenvalue weighted by molar-refractivity contribution is -0.127. The largest absolute Gasteiger partial charge is 0.379 e. The third kappa shape index (κ3) is 4.91. The number of hydrogen-bond donors (Lipinski definition) is 0. The summed E-state index contributed by atoms with van der Waals surface area (Å²) in [6, 6.07) is 9.48. The van der Waals surface area contributed by atoms with Gasteiger partial charge in [-0.1, -0.05) is 18.2 Å². The molecule has 0 spiro atoms. The van der Waals surface area contributed by atoms with Gasteiger partial charge < -0.3 is 9.64 Å². The maximum Gasteiger partial charge on any atom is 0.246 e. The van der Waals surface area contributed by atoms with Crippen molar-refractivity contribution in [3.05, 3.63) is 41.5 Å². The molecular weight excluding hydrogens is 314 g/mol. The Morgan fingerprint density at radius 3 is 2.64 bits per heavy atom. The highest BCUT2D eigenvalue weighted by Crippen LogP contribution is 2.19. The number of carbonyl (C=O) groups excluding carboxylic acids is 1. The second-order valence-corrected chi connectivity index (χ2v) is 6.71. The van der Waals surface area contributed by atoms with Gasteiger partial charge in [0, 0.05) is 38.8 Å². The molecule has 0 unspecified atom stereocenters. The van der Waals surface area contributed by atoms with Gasteiger partial charge in [0.1, 0.15) is 0 Å². The molecule has 1 aromatic rings. The van der Waals surface area contributed by atoms with Crippen molar-refractivity contribution in [2.75, 3.05) is 45.9 Å². The Morgan fingerprint density at radius 1 is 1.20 bits per heavy atom. The number of hydrogen-bond acceptors (Lipinski definition) is 4. The van der Waals surface area contributed by atoms with E-state index in [-0.39, 0.29) is 5.91 Å². The molecule has 5 nitrogen and oxygen atoms in total. The number of carbonyl (C=O) groups is 1. The summed E-state index contributed by atoms with van der Waals surface area (Å²) < 4.78 is 5.39. The topological polar surface area (TPSA) is 56.6 Å². The standard InChI is InChI=1S/C20H25N3O2/c21-15-19-4-2-1-3-18(19)5-6-20(24)23-9-7-17(8-10-23)16-22-11-13-25-14-12-22/h1-6,17H,7-14,16H2/b6-5+. The van der Waals surface area contributed by atoms with Gasteiger partial charge in [-0.15, -0.1) is 0 Å². The van der Waals surface area contributed by atoms with Crippen molar-refractivity contribution in [3.8, 4) is 6.07 Å². The first-order valence-corrected chi connectivity index (χ1v) is 9.02. The normalized spacial score (nSPS) is 19.9. The van der Waals surface area contributed by atoms with Gasteiger partial charge in [0.15, 0.2) is 0 Å². The van der Waals surface area contributed by atoms with Crippen LogP contribution in [0.2, 0.25) is 0 Å². The van der Waals surface area contributed by atoms with Crippen molar-refractivity contribution in [1.29, 1.82) is 5.26 Å². The van der Waals surface area contributed by atoms with E-state index >= 15 is 0 Å². The summed E-state index contributed by atoms with van der Waals surface area (Å²) in [6.07, 6.45) is 5.47.